The predicted molar refractivity (Wildman–Crippen MR) is 63.7 cm³/mol. The van der Waals surface area contributed by atoms with Crippen molar-refractivity contribution in [3.8, 4) is 0 Å². The van der Waals surface area contributed by atoms with E-state index < -0.39 is 30.3 Å². The van der Waals surface area contributed by atoms with Gasteiger partial charge >= 0.3 is 11.9 Å². The fourth-order valence-corrected chi connectivity index (χ4v) is 2.23. The Hall–Kier alpha value is -1.92. The molecule has 1 unspecified atom stereocenters. The SMILES string of the molecule is O=C(O)[C@H](O)[C@@H](OC1CCc2ccccc21)C(=O)O. The van der Waals surface area contributed by atoms with E-state index in [1.165, 1.54) is 0 Å². The van der Waals surface area contributed by atoms with Gasteiger partial charge in [0, 0.05) is 0 Å². The molecule has 102 valence electrons. The number of hydrogen-bond acceptors (Lipinski definition) is 4. The first kappa shape index (κ1) is 13.5. The zero-order chi connectivity index (χ0) is 14.0. The van der Waals surface area contributed by atoms with Crippen molar-refractivity contribution >= 4 is 11.9 Å². The molecule has 1 aliphatic rings. The molecule has 0 amide bonds. The molecule has 0 heterocycles. The van der Waals surface area contributed by atoms with E-state index in [1.54, 1.807) is 0 Å². The Kier molecular flexibility index (Phi) is 3.82. The molecule has 3 atom stereocenters. The van der Waals surface area contributed by atoms with Gasteiger partial charge in [0.1, 0.15) is 0 Å². The van der Waals surface area contributed by atoms with E-state index in [0.717, 1.165) is 17.5 Å². The third kappa shape index (κ3) is 2.74. The van der Waals surface area contributed by atoms with Crippen molar-refractivity contribution in [1.29, 1.82) is 0 Å². The Morgan fingerprint density at radius 1 is 1.21 bits per heavy atom. The lowest BCUT2D eigenvalue weighted by Crippen LogP contribution is -2.42. The van der Waals surface area contributed by atoms with E-state index in [2.05, 4.69) is 0 Å². The maximum absolute atomic E-state index is 11.0. The molecular weight excluding hydrogens is 252 g/mol. The van der Waals surface area contributed by atoms with Crippen LogP contribution >= 0.6 is 0 Å². The number of aliphatic hydroxyl groups is 1. The molecule has 0 bridgehead atoms. The molecule has 6 nitrogen and oxygen atoms in total. The highest BCUT2D eigenvalue weighted by molar-refractivity contribution is 5.83. The van der Waals surface area contributed by atoms with Crippen LogP contribution in [0.15, 0.2) is 24.3 Å². The standard InChI is InChI=1S/C13H14O6/c14-10(12(15)16)11(13(17)18)19-9-6-5-7-3-1-2-4-8(7)9/h1-4,9-11,14H,5-6H2,(H,15,16)(H,17,18)/t9?,10-,11-/m1/s1. The summed E-state index contributed by atoms with van der Waals surface area (Å²) in [4.78, 5) is 21.7. The number of hydrogen-bond donors (Lipinski definition) is 3. The van der Waals surface area contributed by atoms with Crippen LogP contribution in [-0.2, 0) is 20.7 Å². The quantitative estimate of drug-likeness (QED) is 0.720. The maximum Gasteiger partial charge on any atom is 0.336 e. The van der Waals surface area contributed by atoms with Gasteiger partial charge in [-0.25, -0.2) is 9.59 Å². The van der Waals surface area contributed by atoms with E-state index in [4.69, 9.17) is 14.9 Å². The molecule has 0 spiro atoms. The van der Waals surface area contributed by atoms with Crippen LogP contribution in [-0.4, -0.2) is 39.5 Å². The van der Waals surface area contributed by atoms with Crippen LogP contribution in [0.3, 0.4) is 0 Å². The van der Waals surface area contributed by atoms with E-state index in [-0.39, 0.29) is 0 Å². The Balaban J connectivity index is 2.16. The van der Waals surface area contributed by atoms with Gasteiger partial charge in [0.25, 0.3) is 0 Å². The Bertz CT molecular complexity index is 498. The summed E-state index contributed by atoms with van der Waals surface area (Å²) in [6, 6.07) is 7.42. The minimum absolute atomic E-state index is 0.494. The number of carbonyl (C=O) groups is 2. The second kappa shape index (κ2) is 5.38. The third-order valence-electron chi connectivity index (χ3n) is 3.17. The minimum Gasteiger partial charge on any atom is -0.479 e. The number of carboxylic acids is 2. The normalized spacial score (nSPS) is 20.6. The maximum atomic E-state index is 11.0. The number of fused-ring (bicyclic) bond motifs is 1. The second-order valence-electron chi connectivity index (χ2n) is 4.40. The number of carboxylic acid groups (broad SMARTS) is 2. The molecule has 6 heteroatoms. The first-order chi connectivity index (χ1) is 9.00. The Morgan fingerprint density at radius 2 is 1.89 bits per heavy atom. The molecule has 0 saturated heterocycles. The van der Waals surface area contributed by atoms with Gasteiger partial charge in [0.2, 0.25) is 0 Å². The summed E-state index contributed by atoms with van der Waals surface area (Å²) in [5.41, 5.74) is 1.91. The summed E-state index contributed by atoms with van der Waals surface area (Å²) >= 11 is 0. The lowest BCUT2D eigenvalue weighted by molar-refractivity contribution is -0.176. The number of aryl methyl sites for hydroxylation is 1. The highest BCUT2D eigenvalue weighted by Gasteiger charge is 2.37. The molecule has 3 N–H and O–H groups in total. The summed E-state index contributed by atoms with van der Waals surface area (Å²) < 4.78 is 5.29. The van der Waals surface area contributed by atoms with Gasteiger partial charge in [-0.3, -0.25) is 0 Å². The average Bonchev–Trinajstić information content (AvgIpc) is 2.78. The third-order valence-corrected chi connectivity index (χ3v) is 3.17. The van der Waals surface area contributed by atoms with Gasteiger partial charge in [0.15, 0.2) is 12.2 Å². The summed E-state index contributed by atoms with van der Waals surface area (Å²) in [5.74, 6) is -3.10. The van der Waals surface area contributed by atoms with Crippen LogP contribution in [0.1, 0.15) is 23.7 Å². The van der Waals surface area contributed by atoms with Crippen molar-refractivity contribution in [2.45, 2.75) is 31.2 Å². The topological polar surface area (TPSA) is 104 Å². The first-order valence-corrected chi connectivity index (χ1v) is 5.87. The van der Waals surface area contributed by atoms with Crippen LogP contribution in [0.2, 0.25) is 0 Å². The monoisotopic (exact) mass is 266 g/mol. The smallest absolute Gasteiger partial charge is 0.336 e. The zero-order valence-corrected chi connectivity index (χ0v) is 10.0. The second-order valence-corrected chi connectivity index (χ2v) is 4.40. The van der Waals surface area contributed by atoms with Gasteiger partial charge in [-0.1, -0.05) is 24.3 Å². The van der Waals surface area contributed by atoms with Crippen LogP contribution in [0.5, 0.6) is 0 Å². The number of ether oxygens (including phenoxy) is 1. The molecule has 2 rings (SSSR count). The molecule has 0 aromatic heterocycles. The molecule has 0 fully saturated rings. The van der Waals surface area contributed by atoms with Gasteiger partial charge in [-0.2, -0.15) is 0 Å². The molecule has 19 heavy (non-hydrogen) atoms. The number of rotatable bonds is 5. The molecule has 0 saturated carbocycles. The van der Waals surface area contributed by atoms with E-state index >= 15 is 0 Å². The summed E-state index contributed by atoms with van der Waals surface area (Å²) in [6.45, 7) is 0. The average molecular weight is 266 g/mol. The van der Waals surface area contributed by atoms with Gasteiger partial charge in [0.05, 0.1) is 6.10 Å². The molecular formula is C13H14O6. The van der Waals surface area contributed by atoms with Gasteiger partial charge < -0.3 is 20.1 Å². The van der Waals surface area contributed by atoms with Crippen molar-refractivity contribution in [2.75, 3.05) is 0 Å². The van der Waals surface area contributed by atoms with Crippen molar-refractivity contribution in [1.82, 2.24) is 0 Å². The minimum atomic E-state index is -2.08. The molecule has 0 aliphatic heterocycles. The van der Waals surface area contributed by atoms with Crippen molar-refractivity contribution in [2.24, 2.45) is 0 Å². The van der Waals surface area contributed by atoms with Crippen molar-refractivity contribution < 1.29 is 29.6 Å². The highest BCUT2D eigenvalue weighted by Crippen LogP contribution is 2.34. The summed E-state index contributed by atoms with van der Waals surface area (Å²) in [7, 11) is 0. The number of aliphatic carboxylic acids is 2. The first-order valence-electron chi connectivity index (χ1n) is 5.87. The lowest BCUT2D eigenvalue weighted by Gasteiger charge is -2.21. The predicted octanol–water partition coefficient (Wildman–Crippen LogP) is 0.589. The Morgan fingerprint density at radius 3 is 2.53 bits per heavy atom. The van der Waals surface area contributed by atoms with E-state index in [1.807, 2.05) is 24.3 Å². The summed E-state index contributed by atoms with van der Waals surface area (Å²) in [5, 5.41) is 27.0. The number of aliphatic hydroxyl groups excluding tert-OH is 1. The lowest BCUT2D eigenvalue weighted by atomic mass is 10.1. The highest BCUT2D eigenvalue weighted by atomic mass is 16.5. The van der Waals surface area contributed by atoms with Crippen LogP contribution in [0.25, 0.3) is 0 Å². The van der Waals surface area contributed by atoms with Crippen LogP contribution in [0.4, 0.5) is 0 Å². The molecule has 0 radical (unpaired) electrons. The van der Waals surface area contributed by atoms with Gasteiger partial charge in [-0.15, -0.1) is 0 Å². The van der Waals surface area contributed by atoms with Gasteiger partial charge in [-0.05, 0) is 24.0 Å². The molecule has 1 aromatic carbocycles. The fourth-order valence-electron chi connectivity index (χ4n) is 2.23. The molecule has 1 aromatic rings. The Labute approximate surface area is 109 Å². The largest absolute Gasteiger partial charge is 0.479 e. The van der Waals surface area contributed by atoms with Crippen molar-refractivity contribution in [3.05, 3.63) is 35.4 Å². The van der Waals surface area contributed by atoms with Crippen molar-refractivity contribution in [3.63, 3.8) is 0 Å². The fraction of sp³-hybridized carbons (Fsp3) is 0.385. The van der Waals surface area contributed by atoms with E-state index in [0.29, 0.717) is 6.42 Å². The van der Waals surface area contributed by atoms with Crippen LogP contribution < -0.4 is 0 Å². The zero-order valence-electron chi connectivity index (χ0n) is 10.0. The van der Waals surface area contributed by atoms with Crippen LogP contribution in [0, 0.1) is 0 Å². The van der Waals surface area contributed by atoms with E-state index in [9.17, 15) is 14.7 Å². The molecule has 1 aliphatic carbocycles. The summed E-state index contributed by atoms with van der Waals surface area (Å²) in [6.07, 6.45) is -3.02. The number of benzene rings is 1.